The Bertz CT molecular complexity index is 1950. The summed E-state index contributed by atoms with van der Waals surface area (Å²) in [5.41, 5.74) is 8.68. The van der Waals surface area contributed by atoms with Gasteiger partial charge in [-0.15, -0.1) is 0 Å². The maximum atomic E-state index is 12.3. The Balaban J connectivity index is 1.14. The van der Waals surface area contributed by atoms with Crippen LogP contribution >= 0.6 is 0 Å². The number of aliphatic hydroxyl groups is 1. The zero-order valence-corrected chi connectivity index (χ0v) is 29.7. The van der Waals surface area contributed by atoms with E-state index in [0.717, 1.165) is 39.9 Å². The van der Waals surface area contributed by atoms with Crippen LogP contribution in [0, 0.1) is 0 Å². The molecule has 0 bridgehead atoms. The molecule has 9 heteroatoms. The number of rotatable bonds is 14. The van der Waals surface area contributed by atoms with E-state index in [-0.39, 0.29) is 43.6 Å². The van der Waals surface area contributed by atoms with E-state index in [1.165, 1.54) is 16.3 Å². The van der Waals surface area contributed by atoms with Gasteiger partial charge in [-0.25, -0.2) is 5.48 Å². The van der Waals surface area contributed by atoms with Crippen LogP contribution in [-0.2, 0) is 32.2 Å². The molecule has 0 radical (unpaired) electrons. The number of carbonyl (C=O) groups is 2. The summed E-state index contributed by atoms with van der Waals surface area (Å²) >= 11 is 0. The molecule has 0 saturated carbocycles. The van der Waals surface area contributed by atoms with Gasteiger partial charge in [-0.2, -0.15) is 0 Å². The lowest BCUT2D eigenvalue weighted by Crippen LogP contribution is -2.38. The van der Waals surface area contributed by atoms with E-state index in [1.54, 1.807) is 5.48 Å². The van der Waals surface area contributed by atoms with Gasteiger partial charge in [-0.3, -0.25) is 19.7 Å². The number of benzene rings is 5. The third-order valence-electron chi connectivity index (χ3n) is 9.89. The van der Waals surface area contributed by atoms with Crippen molar-refractivity contribution in [1.82, 2.24) is 15.7 Å². The number of ether oxygens (including phenoxy) is 2. The lowest BCUT2D eigenvalue weighted by atomic mass is 9.98. The zero-order valence-electron chi connectivity index (χ0n) is 29.7. The lowest BCUT2D eigenvalue weighted by molar-refractivity contribution is -0.253. The van der Waals surface area contributed by atoms with Crippen molar-refractivity contribution < 1.29 is 29.4 Å². The summed E-state index contributed by atoms with van der Waals surface area (Å²) in [7, 11) is 2.15. The Morgan fingerprint density at radius 3 is 2.27 bits per heavy atom. The number of nitrogens with zero attached hydrogens (tertiary/aromatic N) is 1. The molecule has 0 spiro atoms. The summed E-state index contributed by atoms with van der Waals surface area (Å²) in [6.45, 7) is 3.32. The minimum Gasteiger partial charge on any atom is -0.392 e. The fourth-order valence-corrected chi connectivity index (χ4v) is 6.68. The van der Waals surface area contributed by atoms with Crippen molar-refractivity contribution in [3.8, 4) is 11.1 Å². The molecule has 1 aliphatic rings. The first-order valence-corrected chi connectivity index (χ1v) is 17.9. The van der Waals surface area contributed by atoms with Crippen LogP contribution in [0.2, 0.25) is 0 Å². The number of hydrogen-bond donors (Lipinski definition) is 4. The Hall–Kier alpha value is -4.90. The Labute approximate surface area is 305 Å². The molecule has 5 aromatic rings. The zero-order chi connectivity index (χ0) is 36.5. The van der Waals surface area contributed by atoms with Crippen LogP contribution in [0.1, 0.15) is 78.9 Å². The van der Waals surface area contributed by atoms with Gasteiger partial charge in [0.05, 0.1) is 18.8 Å². The highest BCUT2D eigenvalue weighted by Crippen LogP contribution is 2.39. The normalized spacial score (nSPS) is 17.9. The molecule has 52 heavy (non-hydrogen) atoms. The Morgan fingerprint density at radius 1 is 0.788 bits per heavy atom. The molecular weight excluding hydrogens is 654 g/mol. The SMILES string of the molecule is CC(c1ccc2ccccc2c1)N(C)CC1CC(c2ccc(CO)cc2)OC(c2ccc(-c3cccc(CNC(=O)CCCC(=O)NO)c3)cc2)O1. The summed E-state index contributed by atoms with van der Waals surface area (Å²) < 4.78 is 13.3. The molecule has 4 unspecified atom stereocenters. The number of amides is 2. The highest BCUT2D eigenvalue weighted by atomic mass is 16.7. The molecule has 1 fully saturated rings. The summed E-state index contributed by atoms with van der Waals surface area (Å²) in [5, 5.41) is 23.6. The van der Waals surface area contributed by atoms with Crippen molar-refractivity contribution in [2.45, 2.75) is 70.3 Å². The third-order valence-corrected chi connectivity index (χ3v) is 9.89. The molecule has 4 atom stereocenters. The molecule has 2 amide bonds. The topological polar surface area (TPSA) is 120 Å². The molecule has 5 aromatic carbocycles. The van der Waals surface area contributed by atoms with Gasteiger partial charge < -0.3 is 19.9 Å². The molecular formula is C43H47N3O6. The second kappa shape index (κ2) is 17.5. The van der Waals surface area contributed by atoms with Crippen LogP contribution in [0.4, 0.5) is 0 Å². The van der Waals surface area contributed by atoms with Crippen molar-refractivity contribution in [1.29, 1.82) is 0 Å². The minimum atomic E-state index is -0.565. The van der Waals surface area contributed by atoms with Crippen LogP contribution < -0.4 is 10.8 Å². The first-order chi connectivity index (χ1) is 25.3. The maximum Gasteiger partial charge on any atom is 0.243 e. The molecule has 4 N–H and O–H groups in total. The van der Waals surface area contributed by atoms with E-state index >= 15 is 0 Å². The fraction of sp³-hybridized carbons (Fsp3) is 0.302. The van der Waals surface area contributed by atoms with E-state index in [1.807, 2.05) is 54.6 Å². The summed E-state index contributed by atoms with van der Waals surface area (Å²) in [6.07, 6.45) is 0.515. The number of likely N-dealkylation sites (N-methyl/N-ethyl adjacent to an activating group) is 1. The van der Waals surface area contributed by atoms with Crippen LogP contribution in [0.15, 0.2) is 115 Å². The van der Waals surface area contributed by atoms with E-state index in [9.17, 15) is 14.7 Å². The second-order valence-corrected chi connectivity index (χ2v) is 13.6. The average molecular weight is 702 g/mol. The predicted octanol–water partition coefficient (Wildman–Crippen LogP) is 7.53. The number of aliphatic hydroxyl groups excluding tert-OH is 1. The molecule has 1 saturated heterocycles. The van der Waals surface area contributed by atoms with Crippen LogP contribution in [0.5, 0.6) is 0 Å². The van der Waals surface area contributed by atoms with Gasteiger partial charge >= 0.3 is 0 Å². The smallest absolute Gasteiger partial charge is 0.243 e. The molecule has 1 heterocycles. The van der Waals surface area contributed by atoms with Gasteiger partial charge in [-0.05, 0) is 76.7 Å². The quantitative estimate of drug-likeness (QED) is 0.0698. The van der Waals surface area contributed by atoms with Crippen molar-refractivity contribution in [2.24, 2.45) is 0 Å². The standard InChI is InChI=1S/C43H47N3O6/c1-29(36-22-19-32-8-3-4-9-38(32)24-36)46(2)27-39-25-40(34-15-13-30(28-47)14-16-34)52-43(51-39)35-20-17-33(18-21-35)37-10-5-7-31(23-37)26-44-41(48)11-6-12-42(49)45-50/h3-5,7-10,13-24,29,39-40,43,47,50H,6,11-12,25-28H2,1-2H3,(H,44,48)(H,45,49). The van der Waals surface area contributed by atoms with Crippen molar-refractivity contribution in [3.05, 3.63) is 143 Å². The van der Waals surface area contributed by atoms with E-state index in [2.05, 4.69) is 84.9 Å². The first-order valence-electron chi connectivity index (χ1n) is 17.9. The first kappa shape index (κ1) is 36.9. The van der Waals surface area contributed by atoms with E-state index in [4.69, 9.17) is 14.7 Å². The van der Waals surface area contributed by atoms with Gasteiger partial charge in [0, 0.05) is 44.0 Å². The summed E-state index contributed by atoms with van der Waals surface area (Å²) in [4.78, 5) is 25.8. The second-order valence-electron chi connectivity index (χ2n) is 13.6. The molecule has 6 rings (SSSR count). The van der Waals surface area contributed by atoms with Gasteiger partial charge in [0.1, 0.15) is 0 Å². The number of carbonyl (C=O) groups excluding carboxylic acids is 2. The average Bonchev–Trinajstić information content (AvgIpc) is 3.19. The molecule has 0 aliphatic carbocycles. The molecule has 0 aromatic heterocycles. The largest absolute Gasteiger partial charge is 0.392 e. The highest BCUT2D eigenvalue weighted by molar-refractivity contribution is 5.83. The minimum absolute atomic E-state index is 0.00505. The summed E-state index contributed by atoms with van der Waals surface area (Å²) in [6, 6.07) is 39.5. The molecule has 1 aliphatic heterocycles. The van der Waals surface area contributed by atoms with Crippen LogP contribution in [-0.4, -0.2) is 46.7 Å². The Morgan fingerprint density at radius 2 is 1.52 bits per heavy atom. The van der Waals surface area contributed by atoms with Crippen LogP contribution in [0.25, 0.3) is 21.9 Å². The number of nitrogens with one attached hydrogen (secondary N) is 2. The highest BCUT2D eigenvalue weighted by Gasteiger charge is 2.33. The third kappa shape index (κ3) is 9.50. The van der Waals surface area contributed by atoms with Gasteiger partial charge in [0.2, 0.25) is 11.8 Å². The number of hydroxylamine groups is 1. The Kier molecular flexibility index (Phi) is 12.4. The van der Waals surface area contributed by atoms with Gasteiger partial charge in [-0.1, -0.05) is 103 Å². The maximum absolute atomic E-state index is 12.3. The van der Waals surface area contributed by atoms with Crippen molar-refractivity contribution in [3.63, 3.8) is 0 Å². The number of fused-ring (bicyclic) bond motifs is 1. The van der Waals surface area contributed by atoms with Crippen molar-refractivity contribution >= 4 is 22.6 Å². The molecule has 270 valence electrons. The molecule has 9 nitrogen and oxygen atoms in total. The fourth-order valence-electron chi connectivity index (χ4n) is 6.68. The van der Waals surface area contributed by atoms with E-state index in [0.29, 0.717) is 19.4 Å². The van der Waals surface area contributed by atoms with E-state index < -0.39 is 12.2 Å². The lowest BCUT2D eigenvalue weighted by Gasteiger charge is -2.39. The summed E-state index contributed by atoms with van der Waals surface area (Å²) in [5.74, 6) is -0.653. The van der Waals surface area contributed by atoms with Crippen molar-refractivity contribution in [2.75, 3.05) is 13.6 Å². The monoisotopic (exact) mass is 701 g/mol. The van der Waals surface area contributed by atoms with Crippen LogP contribution in [0.3, 0.4) is 0 Å². The van der Waals surface area contributed by atoms with Gasteiger partial charge in [0.15, 0.2) is 6.29 Å². The number of hydrogen-bond acceptors (Lipinski definition) is 7. The van der Waals surface area contributed by atoms with Gasteiger partial charge in [0.25, 0.3) is 0 Å². The predicted molar refractivity (Wildman–Crippen MR) is 201 cm³/mol.